The molecule has 0 spiro atoms. The second-order valence-electron chi connectivity index (χ2n) is 5.28. The van der Waals surface area contributed by atoms with Gasteiger partial charge >= 0.3 is 17.9 Å². The molecule has 2 rings (SSSR count). The minimum atomic E-state index is -0.620. The lowest BCUT2D eigenvalue weighted by molar-refractivity contribution is -0.163. The largest absolute Gasteiger partial charge is 0.465 e. The quantitative estimate of drug-likeness (QED) is 0.434. The van der Waals surface area contributed by atoms with E-state index < -0.39 is 18.5 Å². The Bertz CT molecular complexity index is 441. The molecule has 6 heteroatoms. The van der Waals surface area contributed by atoms with E-state index in [1.807, 2.05) is 0 Å². The lowest BCUT2D eigenvalue weighted by atomic mass is 9.80. The zero-order valence-corrected chi connectivity index (χ0v) is 11.4. The maximum absolute atomic E-state index is 11.6. The van der Waals surface area contributed by atoms with Crippen molar-refractivity contribution in [2.45, 2.75) is 32.3 Å². The fourth-order valence-corrected chi connectivity index (χ4v) is 2.55. The van der Waals surface area contributed by atoms with Crippen LogP contribution in [0.15, 0.2) is 12.2 Å². The number of hydrogen-bond donors (Lipinski definition) is 0. The minimum Gasteiger partial charge on any atom is -0.465 e. The molecule has 1 saturated heterocycles. The molecule has 0 aromatic heterocycles. The Kier molecular flexibility index (Phi) is 4.42. The van der Waals surface area contributed by atoms with Gasteiger partial charge in [-0.1, -0.05) is 6.58 Å². The van der Waals surface area contributed by atoms with E-state index in [2.05, 4.69) is 6.58 Å². The van der Waals surface area contributed by atoms with Crippen molar-refractivity contribution in [2.24, 2.45) is 11.8 Å². The van der Waals surface area contributed by atoms with Crippen LogP contribution in [0.1, 0.15) is 26.2 Å². The van der Waals surface area contributed by atoms with Crippen molar-refractivity contribution in [1.82, 2.24) is 0 Å². The second kappa shape index (κ2) is 6.07. The van der Waals surface area contributed by atoms with Gasteiger partial charge in [-0.2, -0.15) is 0 Å². The third-order valence-electron chi connectivity index (χ3n) is 3.66. The molecule has 0 aromatic carbocycles. The number of carbonyl (C=O) groups is 3. The molecule has 0 aromatic rings. The van der Waals surface area contributed by atoms with Crippen LogP contribution < -0.4 is 0 Å². The van der Waals surface area contributed by atoms with E-state index in [9.17, 15) is 14.4 Å². The fourth-order valence-electron chi connectivity index (χ4n) is 2.55. The van der Waals surface area contributed by atoms with E-state index in [-0.39, 0.29) is 29.5 Å². The standard InChI is InChI=1S/C14H18O6/c1-8(2)13(16)19-7-12(15)20-10-4-3-9-6-18-14(17)11(9)5-10/h9-11H,1,3-7H2,2H3. The monoisotopic (exact) mass is 282 g/mol. The SMILES string of the molecule is C=C(C)C(=O)OCC(=O)OC1CCC2COC(=O)C2C1. The summed E-state index contributed by atoms with van der Waals surface area (Å²) < 4.78 is 14.9. The van der Waals surface area contributed by atoms with Crippen LogP contribution >= 0.6 is 0 Å². The molecule has 0 radical (unpaired) electrons. The molecule has 1 heterocycles. The van der Waals surface area contributed by atoms with Crippen molar-refractivity contribution < 1.29 is 28.6 Å². The summed E-state index contributed by atoms with van der Waals surface area (Å²) in [5.74, 6) is -1.35. The zero-order valence-electron chi connectivity index (χ0n) is 11.4. The molecular weight excluding hydrogens is 264 g/mol. The molecule has 6 nitrogen and oxygen atoms in total. The number of cyclic esters (lactones) is 1. The summed E-state index contributed by atoms with van der Waals surface area (Å²) in [4.78, 5) is 34.2. The first-order valence-electron chi connectivity index (χ1n) is 6.66. The van der Waals surface area contributed by atoms with Gasteiger partial charge in [-0.25, -0.2) is 9.59 Å². The zero-order chi connectivity index (χ0) is 14.7. The van der Waals surface area contributed by atoms with Gasteiger partial charge in [-0.05, 0) is 26.2 Å². The van der Waals surface area contributed by atoms with E-state index in [4.69, 9.17) is 14.2 Å². The van der Waals surface area contributed by atoms with Gasteiger partial charge in [-0.15, -0.1) is 0 Å². The van der Waals surface area contributed by atoms with Crippen LogP contribution in [0.2, 0.25) is 0 Å². The first-order chi connectivity index (χ1) is 9.47. The van der Waals surface area contributed by atoms with Crippen LogP contribution in [0.3, 0.4) is 0 Å². The molecule has 1 aliphatic carbocycles. The van der Waals surface area contributed by atoms with Crippen molar-refractivity contribution in [3.63, 3.8) is 0 Å². The average molecular weight is 282 g/mol. The van der Waals surface area contributed by atoms with Gasteiger partial charge in [0.25, 0.3) is 0 Å². The van der Waals surface area contributed by atoms with Crippen LogP contribution in [0, 0.1) is 11.8 Å². The Morgan fingerprint density at radius 3 is 2.85 bits per heavy atom. The lowest BCUT2D eigenvalue weighted by Gasteiger charge is -2.28. The lowest BCUT2D eigenvalue weighted by Crippen LogP contribution is -2.33. The van der Waals surface area contributed by atoms with Crippen LogP contribution in [-0.4, -0.2) is 37.2 Å². The van der Waals surface area contributed by atoms with Gasteiger partial charge in [0, 0.05) is 11.5 Å². The molecule has 110 valence electrons. The number of esters is 3. The second-order valence-corrected chi connectivity index (χ2v) is 5.28. The van der Waals surface area contributed by atoms with Gasteiger partial charge in [0.05, 0.1) is 12.5 Å². The first kappa shape index (κ1) is 14.6. The molecule has 0 bridgehead atoms. The van der Waals surface area contributed by atoms with Crippen molar-refractivity contribution >= 4 is 17.9 Å². The molecule has 2 fully saturated rings. The predicted molar refractivity (Wildman–Crippen MR) is 67.4 cm³/mol. The Labute approximate surface area is 117 Å². The van der Waals surface area contributed by atoms with Gasteiger partial charge < -0.3 is 14.2 Å². The maximum Gasteiger partial charge on any atom is 0.344 e. The molecule has 1 saturated carbocycles. The Morgan fingerprint density at radius 1 is 1.40 bits per heavy atom. The summed E-state index contributed by atoms with van der Waals surface area (Å²) in [5.41, 5.74) is 0.229. The molecule has 20 heavy (non-hydrogen) atoms. The molecule has 3 unspecified atom stereocenters. The van der Waals surface area contributed by atoms with Gasteiger partial charge in [-0.3, -0.25) is 4.79 Å². The molecule has 0 N–H and O–H groups in total. The topological polar surface area (TPSA) is 78.9 Å². The van der Waals surface area contributed by atoms with Crippen LogP contribution in [0.25, 0.3) is 0 Å². The third kappa shape index (κ3) is 3.37. The molecule has 0 amide bonds. The van der Waals surface area contributed by atoms with Gasteiger partial charge in [0.1, 0.15) is 6.10 Å². The summed E-state index contributed by atoms with van der Waals surface area (Å²) >= 11 is 0. The van der Waals surface area contributed by atoms with E-state index >= 15 is 0 Å². The summed E-state index contributed by atoms with van der Waals surface area (Å²) in [7, 11) is 0. The Morgan fingerprint density at radius 2 is 2.15 bits per heavy atom. The number of fused-ring (bicyclic) bond motifs is 1. The average Bonchev–Trinajstić information content (AvgIpc) is 2.77. The number of ether oxygens (including phenoxy) is 3. The van der Waals surface area contributed by atoms with Crippen LogP contribution in [0.5, 0.6) is 0 Å². The van der Waals surface area contributed by atoms with Gasteiger partial charge in [0.2, 0.25) is 0 Å². The number of rotatable bonds is 4. The molecule has 2 aliphatic rings. The summed E-state index contributed by atoms with van der Waals surface area (Å²) in [6.45, 7) is 4.96. The highest BCUT2D eigenvalue weighted by Gasteiger charge is 2.42. The van der Waals surface area contributed by atoms with Crippen molar-refractivity contribution in [3.8, 4) is 0 Å². The summed E-state index contributed by atoms with van der Waals surface area (Å²) in [5, 5.41) is 0. The normalized spacial score (nSPS) is 28.2. The third-order valence-corrected chi connectivity index (χ3v) is 3.66. The Hall–Kier alpha value is -1.85. The highest BCUT2D eigenvalue weighted by atomic mass is 16.6. The number of hydrogen-bond acceptors (Lipinski definition) is 6. The first-order valence-corrected chi connectivity index (χ1v) is 6.66. The fraction of sp³-hybridized carbons (Fsp3) is 0.643. The highest BCUT2D eigenvalue weighted by Crippen LogP contribution is 2.36. The predicted octanol–water partition coefficient (Wildman–Crippen LogP) is 0.991. The van der Waals surface area contributed by atoms with E-state index in [1.165, 1.54) is 6.92 Å². The van der Waals surface area contributed by atoms with Crippen molar-refractivity contribution in [1.29, 1.82) is 0 Å². The number of carbonyl (C=O) groups excluding carboxylic acids is 3. The van der Waals surface area contributed by atoms with E-state index in [0.29, 0.717) is 19.4 Å². The molecular formula is C14H18O6. The highest BCUT2D eigenvalue weighted by molar-refractivity contribution is 5.88. The van der Waals surface area contributed by atoms with Crippen LogP contribution in [-0.2, 0) is 28.6 Å². The molecule has 3 atom stereocenters. The van der Waals surface area contributed by atoms with Crippen molar-refractivity contribution in [2.75, 3.05) is 13.2 Å². The van der Waals surface area contributed by atoms with Gasteiger partial charge in [0.15, 0.2) is 6.61 Å². The maximum atomic E-state index is 11.6. The van der Waals surface area contributed by atoms with Crippen LogP contribution in [0.4, 0.5) is 0 Å². The summed E-state index contributed by atoms with van der Waals surface area (Å²) in [6, 6.07) is 0. The minimum absolute atomic E-state index is 0.167. The smallest absolute Gasteiger partial charge is 0.344 e. The molecule has 1 aliphatic heterocycles. The Balaban J connectivity index is 1.76. The van der Waals surface area contributed by atoms with E-state index in [0.717, 1.165) is 6.42 Å². The van der Waals surface area contributed by atoms with Crippen molar-refractivity contribution in [3.05, 3.63) is 12.2 Å². The van der Waals surface area contributed by atoms with E-state index in [1.54, 1.807) is 0 Å². The summed E-state index contributed by atoms with van der Waals surface area (Å²) in [6.07, 6.45) is 1.69.